The van der Waals surface area contributed by atoms with Crippen molar-refractivity contribution in [3.8, 4) is 5.75 Å². The highest BCUT2D eigenvalue weighted by Crippen LogP contribution is 2.43. The molecule has 1 N–H and O–H groups in total. The molecule has 3 aliphatic rings. The number of amides is 2. The molecule has 0 spiro atoms. The van der Waals surface area contributed by atoms with Crippen molar-refractivity contribution >= 4 is 40.9 Å². The van der Waals surface area contributed by atoms with Crippen LogP contribution in [0.25, 0.3) is 0 Å². The summed E-state index contributed by atoms with van der Waals surface area (Å²) < 4.78 is 11.1. The lowest BCUT2D eigenvalue weighted by molar-refractivity contribution is -0.117. The van der Waals surface area contributed by atoms with Gasteiger partial charge in [0.25, 0.3) is 5.91 Å². The zero-order valence-corrected chi connectivity index (χ0v) is 18.0. The minimum Gasteiger partial charge on any atom is -0.484 e. The smallest absolute Gasteiger partial charge is 0.421 e. The van der Waals surface area contributed by atoms with Gasteiger partial charge in [-0.15, -0.1) is 0 Å². The number of hydrogen-bond acceptors (Lipinski definition) is 6. The highest BCUT2D eigenvalue weighted by Gasteiger charge is 2.41. The van der Waals surface area contributed by atoms with Crippen molar-refractivity contribution in [1.29, 1.82) is 0 Å². The van der Waals surface area contributed by atoms with Crippen molar-refractivity contribution in [2.45, 2.75) is 31.1 Å². The largest absolute Gasteiger partial charge is 0.484 e. The molecule has 5 rings (SSSR count). The van der Waals surface area contributed by atoms with Gasteiger partial charge in [0.1, 0.15) is 11.9 Å². The first kappa shape index (κ1) is 20.6. The Hall–Kier alpha value is -2.32. The monoisotopic (exact) mass is 462 g/mol. The number of cyclic esters (lactones) is 1. The molecular weight excluding hydrogens is 443 g/mol. The molecule has 1 aliphatic carbocycles. The average molecular weight is 463 g/mol. The summed E-state index contributed by atoms with van der Waals surface area (Å²) in [5.41, 5.74) is 2.37. The fourth-order valence-corrected chi connectivity index (χ4v) is 5.16. The van der Waals surface area contributed by atoms with Gasteiger partial charge >= 0.3 is 6.09 Å². The number of rotatable bonds is 4. The molecule has 162 valence electrons. The molecule has 7 nitrogen and oxygen atoms in total. The van der Waals surface area contributed by atoms with Crippen molar-refractivity contribution in [3.63, 3.8) is 0 Å². The van der Waals surface area contributed by atoms with Gasteiger partial charge in [-0.1, -0.05) is 23.2 Å². The van der Waals surface area contributed by atoms with Crippen LogP contribution in [-0.4, -0.2) is 53.8 Å². The fourth-order valence-electron chi connectivity index (χ4n) is 4.57. The Labute approximate surface area is 189 Å². The minimum atomic E-state index is -0.680. The van der Waals surface area contributed by atoms with Crippen LogP contribution in [0.5, 0.6) is 5.75 Å². The van der Waals surface area contributed by atoms with Crippen LogP contribution < -0.4 is 9.64 Å². The number of anilines is 1. The molecule has 2 heterocycles. The van der Waals surface area contributed by atoms with Gasteiger partial charge in [0, 0.05) is 28.7 Å². The first-order valence-electron chi connectivity index (χ1n) is 10.1. The van der Waals surface area contributed by atoms with E-state index in [0.717, 1.165) is 29.0 Å². The van der Waals surface area contributed by atoms with Crippen LogP contribution in [0.1, 0.15) is 23.7 Å². The van der Waals surface area contributed by atoms with Gasteiger partial charge in [-0.3, -0.25) is 9.69 Å². The Balaban J connectivity index is 1.43. The van der Waals surface area contributed by atoms with E-state index in [4.69, 9.17) is 32.7 Å². The van der Waals surface area contributed by atoms with Crippen LogP contribution in [0.2, 0.25) is 10.0 Å². The lowest BCUT2D eigenvalue weighted by Gasteiger charge is -2.30. The zero-order valence-electron chi connectivity index (χ0n) is 16.5. The summed E-state index contributed by atoms with van der Waals surface area (Å²) in [6.45, 7) is 1.12. The predicted octanol–water partition coefficient (Wildman–Crippen LogP) is 3.59. The van der Waals surface area contributed by atoms with Crippen LogP contribution in [0, 0.1) is 0 Å². The van der Waals surface area contributed by atoms with Crippen molar-refractivity contribution in [1.82, 2.24) is 4.90 Å². The first-order valence-corrected chi connectivity index (χ1v) is 10.8. The van der Waals surface area contributed by atoms with E-state index in [1.54, 1.807) is 30.3 Å². The summed E-state index contributed by atoms with van der Waals surface area (Å²) >= 11 is 12.7. The van der Waals surface area contributed by atoms with Crippen molar-refractivity contribution in [2.24, 2.45) is 0 Å². The second-order valence-electron chi connectivity index (χ2n) is 7.98. The number of β-amino-alcohol motifs (C(OH)–C–C–N with tert-alkyl or cyclic N) is 1. The normalized spacial score (nSPS) is 25.8. The van der Waals surface area contributed by atoms with Gasteiger partial charge in [0.05, 0.1) is 17.8 Å². The zero-order chi connectivity index (χ0) is 21.7. The summed E-state index contributed by atoms with van der Waals surface area (Å²) in [6, 6.07) is 10.4. The highest BCUT2D eigenvalue weighted by molar-refractivity contribution is 6.35. The van der Waals surface area contributed by atoms with E-state index in [2.05, 4.69) is 4.90 Å². The maximum absolute atomic E-state index is 11.9. The summed E-state index contributed by atoms with van der Waals surface area (Å²) in [5, 5.41) is 11.2. The van der Waals surface area contributed by atoms with E-state index in [0.29, 0.717) is 34.4 Å². The van der Waals surface area contributed by atoms with Gasteiger partial charge < -0.3 is 14.6 Å². The van der Waals surface area contributed by atoms with Gasteiger partial charge in [-0.2, -0.15) is 0 Å². The van der Waals surface area contributed by atoms with Crippen molar-refractivity contribution < 1.29 is 24.2 Å². The molecule has 0 unspecified atom stereocenters. The lowest BCUT2D eigenvalue weighted by atomic mass is 10.1. The van der Waals surface area contributed by atoms with E-state index >= 15 is 0 Å². The second kappa shape index (κ2) is 7.98. The maximum Gasteiger partial charge on any atom is 0.421 e. The number of aliphatic hydroxyl groups is 1. The number of carbonyl (C=O) groups excluding carboxylic acids is 2. The Bertz CT molecular complexity index is 1030. The molecule has 2 aromatic carbocycles. The quantitative estimate of drug-likeness (QED) is 0.747. The molecule has 2 aromatic rings. The summed E-state index contributed by atoms with van der Waals surface area (Å²) in [5.74, 6) is 0.183. The van der Waals surface area contributed by atoms with Gasteiger partial charge in [-0.25, -0.2) is 9.69 Å². The van der Waals surface area contributed by atoms with E-state index in [1.165, 1.54) is 0 Å². The predicted molar refractivity (Wildman–Crippen MR) is 115 cm³/mol. The van der Waals surface area contributed by atoms with E-state index < -0.39 is 12.0 Å². The molecule has 2 saturated heterocycles. The molecule has 3 atom stereocenters. The topological polar surface area (TPSA) is 79.3 Å². The van der Waals surface area contributed by atoms with Crippen LogP contribution >= 0.6 is 23.2 Å². The molecule has 2 fully saturated rings. The number of carbonyl (C=O) groups is 2. The number of nitrogens with zero attached hydrogens (tertiary/aromatic N) is 2. The summed E-state index contributed by atoms with van der Waals surface area (Å²) in [7, 11) is 0. The number of aliphatic hydroxyl groups excluding tert-OH is 1. The molecule has 31 heavy (non-hydrogen) atoms. The van der Waals surface area contributed by atoms with Gasteiger partial charge in [0.2, 0.25) is 0 Å². The fraction of sp³-hybridized carbons (Fsp3) is 0.364. The van der Waals surface area contributed by atoms with Crippen LogP contribution in [0.4, 0.5) is 10.5 Å². The third kappa shape index (κ3) is 3.76. The number of ether oxygens (including phenoxy) is 2. The standard InChI is InChI=1S/C22H20Cl2N2O5/c23-12-7-17-16(18(24)8-12)9-19(25-6-5-14(27)10-25)21(17)31-15-3-1-13(2-4-15)26-20(28)11-30-22(26)29/h1-4,7-8,14,19,21,27H,5-6,9-11H2/t14-,19-,21+/m1/s1. The highest BCUT2D eigenvalue weighted by atomic mass is 35.5. The SMILES string of the molecule is O=C1COC(=O)N1c1ccc(O[C@H]2c3cc(Cl)cc(Cl)c3C[C@H]2N2CC[C@@H](O)C2)cc1. The summed E-state index contributed by atoms with van der Waals surface area (Å²) in [4.78, 5) is 26.9. The Morgan fingerprint density at radius 3 is 2.55 bits per heavy atom. The first-order chi connectivity index (χ1) is 14.9. The Kier molecular flexibility index (Phi) is 5.30. The Morgan fingerprint density at radius 1 is 1.13 bits per heavy atom. The molecule has 0 saturated carbocycles. The second-order valence-corrected chi connectivity index (χ2v) is 8.82. The van der Waals surface area contributed by atoms with E-state index in [9.17, 15) is 14.7 Å². The molecule has 9 heteroatoms. The molecule has 2 amide bonds. The average Bonchev–Trinajstić information content (AvgIpc) is 3.41. The molecule has 0 bridgehead atoms. The molecular formula is C22H20Cl2N2O5. The van der Waals surface area contributed by atoms with E-state index in [1.807, 2.05) is 6.07 Å². The number of hydrogen-bond donors (Lipinski definition) is 1. The number of imide groups is 1. The minimum absolute atomic E-state index is 0.0120. The third-order valence-corrected chi connectivity index (χ3v) is 6.59. The molecule has 0 radical (unpaired) electrons. The third-order valence-electron chi connectivity index (χ3n) is 6.04. The van der Waals surface area contributed by atoms with Crippen LogP contribution in [0.3, 0.4) is 0 Å². The van der Waals surface area contributed by atoms with Crippen LogP contribution in [-0.2, 0) is 16.0 Å². The number of likely N-dealkylation sites (tertiary alicyclic amines) is 1. The van der Waals surface area contributed by atoms with E-state index in [-0.39, 0.29) is 24.9 Å². The van der Waals surface area contributed by atoms with Crippen molar-refractivity contribution in [3.05, 3.63) is 57.6 Å². The molecule has 0 aromatic heterocycles. The summed E-state index contributed by atoms with van der Waals surface area (Å²) in [6.07, 6.45) is 0.0824. The lowest BCUT2D eigenvalue weighted by Crippen LogP contribution is -2.39. The number of halogens is 2. The Morgan fingerprint density at radius 2 is 1.90 bits per heavy atom. The van der Waals surface area contributed by atoms with Gasteiger partial charge in [-0.05, 0) is 54.8 Å². The van der Waals surface area contributed by atoms with Crippen LogP contribution in [0.15, 0.2) is 36.4 Å². The molecule has 2 aliphatic heterocycles. The van der Waals surface area contributed by atoms with Gasteiger partial charge in [0.15, 0.2) is 6.61 Å². The maximum atomic E-state index is 11.9. The number of benzene rings is 2. The van der Waals surface area contributed by atoms with Crippen molar-refractivity contribution in [2.75, 3.05) is 24.6 Å². The number of fused-ring (bicyclic) bond motifs is 1.